The molecule has 29 heavy (non-hydrogen) atoms. The van der Waals surface area contributed by atoms with E-state index in [4.69, 9.17) is 0 Å². The minimum absolute atomic E-state index is 0.0304. The van der Waals surface area contributed by atoms with Crippen molar-refractivity contribution in [3.63, 3.8) is 0 Å². The van der Waals surface area contributed by atoms with Gasteiger partial charge >= 0.3 is 0 Å². The van der Waals surface area contributed by atoms with Crippen molar-refractivity contribution in [2.75, 3.05) is 32.7 Å². The molecule has 0 saturated carbocycles. The summed E-state index contributed by atoms with van der Waals surface area (Å²) >= 11 is 0. The highest BCUT2D eigenvalue weighted by molar-refractivity contribution is 5.76. The lowest BCUT2D eigenvalue weighted by molar-refractivity contribution is -0.131. The van der Waals surface area contributed by atoms with E-state index in [1.54, 1.807) is 6.92 Å². The van der Waals surface area contributed by atoms with Crippen LogP contribution in [0.4, 0.5) is 0 Å². The van der Waals surface area contributed by atoms with Gasteiger partial charge < -0.3 is 20.2 Å². The number of piperidine rings is 1. The van der Waals surface area contributed by atoms with Crippen LogP contribution in [0.15, 0.2) is 30.3 Å². The minimum atomic E-state index is -0.727. The maximum atomic E-state index is 12.6. The van der Waals surface area contributed by atoms with Gasteiger partial charge in [0.1, 0.15) is 0 Å². The van der Waals surface area contributed by atoms with E-state index in [1.165, 1.54) is 5.56 Å². The molecule has 2 aliphatic heterocycles. The SMILES string of the molecule is CC(=O)NC1CCN(C[C@@]2(O)CCCN(C(=O)CCc3ccccc3)CC2)CC1. The van der Waals surface area contributed by atoms with Crippen LogP contribution in [0.2, 0.25) is 0 Å². The molecule has 160 valence electrons. The van der Waals surface area contributed by atoms with Crippen molar-refractivity contribution >= 4 is 11.8 Å². The fourth-order valence-electron chi connectivity index (χ4n) is 4.58. The quantitative estimate of drug-likeness (QED) is 0.764. The number of hydrogen-bond acceptors (Lipinski definition) is 4. The van der Waals surface area contributed by atoms with Crippen LogP contribution < -0.4 is 5.32 Å². The average molecular weight is 402 g/mol. The van der Waals surface area contributed by atoms with Gasteiger partial charge in [0.05, 0.1) is 5.60 Å². The third kappa shape index (κ3) is 6.82. The van der Waals surface area contributed by atoms with Crippen LogP contribution in [0, 0.1) is 0 Å². The predicted molar refractivity (Wildman–Crippen MR) is 113 cm³/mol. The van der Waals surface area contributed by atoms with E-state index in [0.29, 0.717) is 25.9 Å². The van der Waals surface area contributed by atoms with Gasteiger partial charge in [-0.05, 0) is 44.1 Å². The first kappa shape index (κ1) is 21.8. The molecule has 2 amide bonds. The molecule has 0 radical (unpaired) electrons. The molecule has 2 heterocycles. The van der Waals surface area contributed by atoms with Crippen LogP contribution >= 0.6 is 0 Å². The Hall–Kier alpha value is -1.92. The number of benzene rings is 1. The average Bonchev–Trinajstić information content (AvgIpc) is 2.90. The second kappa shape index (κ2) is 10.2. The molecule has 6 nitrogen and oxygen atoms in total. The number of likely N-dealkylation sites (tertiary alicyclic amines) is 2. The van der Waals surface area contributed by atoms with Crippen LogP contribution in [0.25, 0.3) is 0 Å². The maximum absolute atomic E-state index is 12.6. The summed E-state index contributed by atoms with van der Waals surface area (Å²) in [6.07, 6.45) is 5.37. The number of carbonyl (C=O) groups excluding carboxylic acids is 2. The van der Waals surface area contributed by atoms with E-state index in [1.807, 2.05) is 23.1 Å². The third-order valence-corrected chi connectivity index (χ3v) is 6.25. The lowest BCUT2D eigenvalue weighted by Crippen LogP contribution is -2.50. The van der Waals surface area contributed by atoms with Gasteiger partial charge in [0, 0.05) is 52.1 Å². The van der Waals surface area contributed by atoms with Gasteiger partial charge in [-0.3, -0.25) is 9.59 Å². The number of β-amino-alcohol motifs (C(OH)–C–C–N with tert-alkyl or cyclic N) is 1. The van der Waals surface area contributed by atoms with Gasteiger partial charge in [-0.2, -0.15) is 0 Å². The molecule has 2 saturated heterocycles. The summed E-state index contributed by atoms with van der Waals surface area (Å²) in [5.41, 5.74) is 0.463. The number of aryl methyl sites for hydroxylation is 1. The number of hydrogen-bond donors (Lipinski definition) is 2. The van der Waals surface area contributed by atoms with Gasteiger partial charge in [-0.25, -0.2) is 0 Å². The highest BCUT2D eigenvalue weighted by Gasteiger charge is 2.34. The third-order valence-electron chi connectivity index (χ3n) is 6.25. The Balaban J connectivity index is 1.43. The van der Waals surface area contributed by atoms with E-state index in [0.717, 1.165) is 51.7 Å². The second-order valence-electron chi connectivity index (χ2n) is 8.70. The zero-order valence-corrected chi connectivity index (χ0v) is 17.6. The summed E-state index contributed by atoms with van der Waals surface area (Å²) in [7, 11) is 0. The molecule has 2 N–H and O–H groups in total. The Labute approximate surface area is 174 Å². The molecule has 0 unspecified atom stereocenters. The smallest absolute Gasteiger partial charge is 0.222 e. The van der Waals surface area contributed by atoms with Crippen molar-refractivity contribution in [2.24, 2.45) is 0 Å². The first-order valence-corrected chi connectivity index (χ1v) is 11.0. The Morgan fingerprint density at radius 1 is 1.10 bits per heavy atom. The largest absolute Gasteiger partial charge is 0.388 e. The first-order valence-electron chi connectivity index (χ1n) is 11.0. The topological polar surface area (TPSA) is 72.9 Å². The summed E-state index contributed by atoms with van der Waals surface area (Å²) < 4.78 is 0. The molecule has 0 aliphatic carbocycles. The van der Waals surface area contributed by atoms with E-state index in [2.05, 4.69) is 22.3 Å². The summed E-state index contributed by atoms with van der Waals surface area (Å²) in [6, 6.07) is 10.4. The number of nitrogens with one attached hydrogen (secondary N) is 1. The van der Waals surface area contributed by atoms with Crippen LogP contribution in [-0.2, 0) is 16.0 Å². The molecule has 2 aliphatic rings. The van der Waals surface area contributed by atoms with Crippen LogP contribution in [0.1, 0.15) is 51.0 Å². The lowest BCUT2D eigenvalue weighted by atomic mass is 9.93. The number of amides is 2. The van der Waals surface area contributed by atoms with E-state index in [-0.39, 0.29) is 17.9 Å². The Bertz CT molecular complexity index is 673. The molecule has 1 aromatic carbocycles. The van der Waals surface area contributed by atoms with Crippen molar-refractivity contribution in [2.45, 2.75) is 63.5 Å². The van der Waals surface area contributed by atoms with Crippen LogP contribution in [0.5, 0.6) is 0 Å². The van der Waals surface area contributed by atoms with Gasteiger partial charge in [0.15, 0.2) is 0 Å². The fraction of sp³-hybridized carbons (Fsp3) is 0.652. The predicted octanol–water partition coefficient (Wildman–Crippen LogP) is 1.96. The van der Waals surface area contributed by atoms with E-state index >= 15 is 0 Å². The summed E-state index contributed by atoms with van der Waals surface area (Å²) in [6.45, 7) is 5.38. The van der Waals surface area contributed by atoms with Gasteiger partial charge in [-0.1, -0.05) is 30.3 Å². The van der Waals surface area contributed by atoms with Gasteiger partial charge in [-0.15, -0.1) is 0 Å². The lowest BCUT2D eigenvalue weighted by Gasteiger charge is -2.38. The summed E-state index contributed by atoms with van der Waals surface area (Å²) in [5.74, 6) is 0.220. The van der Waals surface area contributed by atoms with Crippen molar-refractivity contribution in [1.29, 1.82) is 0 Å². The second-order valence-corrected chi connectivity index (χ2v) is 8.70. The van der Waals surface area contributed by atoms with Gasteiger partial charge in [0.2, 0.25) is 11.8 Å². The first-order chi connectivity index (χ1) is 13.9. The van der Waals surface area contributed by atoms with Crippen LogP contribution in [0.3, 0.4) is 0 Å². The monoisotopic (exact) mass is 401 g/mol. The van der Waals surface area contributed by atoms with E-state index < -0.39 is 5.60 Å². The molecule has 2 fully saturated rings. The van der Waals surface area contributed by atoms with Crippen molar-refractivity contribution < 1.29 is 14.7 Å². The molecule has 0 bridgehead atoms. The Morgan fingerprint density at radius 2 is 1.83 bits per heavy atom. The Kier molecular flexibility index (Phi) is 7.67. The van der Waals surface area contributed by atoms with E-state index in [9.17, 15) is 14.7 Å². The molecule has 1 atom stereocenters. The molecule has 0 spiro atoms. The zero-order chi connectivity index (χ0) is 20.7. The van der Waals surface area contributed by atoms with Crippen molar-refractivity contribution in [1.82, 2.24) is 15.1 Å². The maximum Gasteiger partial charge on any atom is 0.222 e. The number of aliphatic hydroxyl groups is 1. The number of carbonyl (C=O) groups is 2. The molecule has 1 aromatic rings. The fourth-order valence-corrected chi connectivity index (χ4v) is 4.58. The molecule has 0 aromatic heterocycles. The summed E-state index contributed by atoms with van der Waals surface area (Å²) in [5, 5.41) is 14.2. The molecular formula is C23H35N3O3. The van der Waals surface area contributed by atoms with Crippen molar-refractivity contribution in [3.8, 4) is 0 Å². The molecule has 3 rings (SSSR count). The Morgan fingerprint density at radius 3 is 2.52 bits per heavy atom. The molecule has 6 heteroatoms. The number of nitrogens with zero attached hydrogens (tertiary/aromatic N) is 2. The number of rotatable bonds is 6. The highest BCUT2D eigenvalue weighted by Crippen LogP contribution is 2.25. The van der Waals surface area contributed by atoms with Crippen LogP contribution in [-0.4, -0.2) is 71.1 Å². The van der Waals surface area contributed by atoms with Gasteiger partial charge in [0.25, 0.3) is 0 Å². The zero-order valence-electron chi connectivity index (χ0n) is 17.6. The summed E-state index contributed by atoms with van der Waals surface area (Å²) in [4.78, 5) is 28.1. The molecular weight excluding hydrogens is 366 g/mol. The normalized spacial score (nSPS) is 24.1. The minimum Gasteiger partial charge on any atom is -0.388 e. The standard InChI is InChI=1S/C23H35N3O3/c1-19(27)24-21-10-15-25(16-11-21)18-23(29)12-5-14-26(17-13-23)22(28)9-8-20-6-3-2-4-7-20/h2-4,6-7,21,29H,5,8-18H2,1H3,(H,24,27)/t23-/m1/s1. The van der Waals surface area contributed by atoms with Crippen molar-refractivity contribution in [3.05, 3.63) is 35.9 Å². The highest BCUT2D eigenvalue weighted by atomic mass is 16.3.